The van der Waals surface area contributed by atoms with E-state index in [1.807, 2.05) is 30.5 Å². The number of nitrogens with one attached hydrogen (secondary N) is 1. The number of aliphatic imine (C=N–C) groups is 1. The molecule has 3 heterocycles. The molecule has 29 heavy (non-hydrogen) atoms. The molecule has 1 aromatic carbocycles. The Morgan fingerprint density at radius 1 is 1.21 bits per heavy atom. The molecule has 1 aliphatic heterocycles. The zero-order valence-corrected chi connectivity index (χ0v) is 16.7. The van der Waals surface area contributed by atoms with Crippen LogP contribution in [-0.4, -0.2) is 35.6 Å². The van der Waals surface area contributed by atoms with Crippen molar-refractivity contribution in [1.29, 1.82) is 0 Å². The Morgan fingerprint density at radius 3 is 2.79 bits per heavy atom. The van der Waals surface area contributed by atoms with E-state index >= 15 is 0 Å². The molecule has 4 rings (SSSR count). The van der Waals surface area contributed by atoms with E-state index < -0.39 is 0 Å². The van der Waals surface area contributed by atoms with Gasteiger partial charge >= 0.3 is 0 Å². The maximum atomic E-state index is 13.5. The minimum atomic E-state index is -0.263. The van der Waals surface area contributed by atoms with Crippen LogP contribution in [-0.2, 0) is 0 Å². The summed E-state index contributed by atoms with van der Waals surface area (Å²) in [5, 5.41) is 8.33. The second-order valence-corrected chi connectivity index (χ2v) is 7.11. The van der Waals surface area contributed by atoms with Crippen LogP contribution in [0.15, 0.2) is 53.5 Å². The van der Waals surface area contributed by atoms with Gasteiger partial charge in [0.15, 0.2) is 0 Å². The summed E-state index contributed by atoms with van der Waals surface area (Å²) in [5.41, 5.74) is 4.81. The number of allylic oxidation sites excluding steroid dienone is 1. The number of rotatable bonds is 7. The van der Waals surface area contributed by atoms with Crippen molar-refractivity contribution in [3.05, 3.63) is 59.9 Å². The van der Waals surface area contributed by atoms with Crippen molar-refractivity contribution < 1.29 is 9.13 Å². The summed E-state index contributed by atoms with van der Waals surface area (Å²) >= 11 is 0. The van der Waals surface area contributed by atoms with Crippen LogP contribution in [0, 0.1) is 5.82 Å². The molecule has 1 aliphatic rings. The molecule has 0 spiro atoms. The van der Waals surface area contributed by atoms with Crippen molar-refractivity contribution in [1.82, 2.24) is 14.9 Å². The van der Waals surface area contributed by atoms with Crippen LogP contribution in [0.25, 0.3) is 22.3 Å². The SMILES string of the molecule is CCCCNC1CC(c2c(-c3ccc(F)cc3)nn3c(OC)cccc23)=CC=N1. The van der Waals surface area contributed by atoms with Gasteiger partial charge in [-0.25, -0.2) is 4.39 Å². The van der Waals surface area contributed by atoms with Gasteiger partial charge in [0.05, 0.1) is 12.6 Å². The van der Waals surface area contributed by atoms with E-state index in [2.05, 4.69) is 17.2 Å². The van der Waals surface area contributed by atoms with Crippen LogP contribution in [0.2, 0.25) is 0 Å². The third-order valence-corrected chi connectivity index (χ3v) is 5.14. The van der Waals surface area contributed by atoms with Crippen LogP contribution in [0.5, 0.6) is 5.88 Å². The van der Waals surface area contributed by atoms with Crippen molar-refractivity contribution in [2.75, 3.05) is 13.7 Å². The van der Waals surface area contributed by atoms with Gasteiger partial charge in [0.1, 0.15) is 17.7 Å². The number of aromatic nitrogens is 2. The number of ether oxygens (including phenoxy) is 1. The monoisotopic (exact) mass is 392 g/mol. The van der Waals surface area contributed by atoms with Gasteiger partial charge in [-0.15, -0.1) is 0 Å². The van der Waals surface area contributed by atoms with E-state index in [9.17, 15) is 4.39 Å². The molecule has 1 atom stereocenters. The van der Waals surface area contributed by atoms with Crippen molar-refractivity contribution >= 4 is 17.3 Å². The van der Waals surface area contributed by atoms with E-state index in [1.165, 1.54) is 12.1 Å². The molecule has 5 nitrogen and oxygen atoms in total. The summed E-state index contributed by atoms with van der Waals surface area (Å²) in [6, 6.07) is 12.3. The maximum Gasteiger partial charge on any atom is 0.214 e. The average Bonchev–Trinajstić information content (AvgIpc) is 3.14. The second kappa shape index (κ2) is 8.57. The second-order valence-electron chi connectivity index (χ2n) is 7.11. The fourth-order valence-electron chi connectivity index (χ4n) is 3.65. The standard InChI is InChI=1S/C23H25FN4O/c1-3-4-13-25-20-15-17(12-14-26-20)22-19-6-5-7-21(29-2)28(19)27-23(22)16-8-10-18(24)11-9-16/h5-12,14,20,25H,3-4,13,15H2,1-2H3. The molecule has 0 amide bonds. The number of nitrogens with zero attached hydrogens (tertiary/aromatic N) is 3. The van der Waals surface area contributed by atoms with Gasteiger partial charge in [0, 0.05) is 29.8 Å². The summed E-state index contributed by atoms with van der Waals surface area (Å²) in [4.78, 5) is 4.58. The molecule has 0 radical (unpaired) electrons. The highest BCUT2D eigenvalue weighted by atomic mass is 19.1. The number of methoxy groups -OCH3 is 1. The molecule has 0 aliphatic carbocycles. The first-order chi connectivity index (χ1) is 14.2. The van der Waals surface area contributed by atoms with E-state index in [4.69, 9.17) is 9.84 Å². The molecule has 0 fully saturated rings. The summed E-state index contributed by atoms with van der Waals surface area (Å²) in [7, 11) is 1.63. The van der Waals surface area contributed by atoms with Gasteiger partial charge in [-0.2, -0.15) is 9.61 Å². The minimum absolute atomic E-state index is 0.0446. The highest BCUT2D eigenvalue weighted by Gasteiger charge is 2.23. The highest BCUT2D eigenvalue weighted by Crippen LogP contribution is 2.36. The van der Waals surface area contributed by atoms with E-state index in [-0.39, 0.29) is 12.0 Å². The zero-order valence-electron chi connectivity index (χ0n) is 16.7. The van der Waals surface area contributed by atoms with Crippen molar-refractivity contribution in [3.63, 3.8) is 0 Å². The Morgan fingerprint density at radius 2 is 2.03 bits per heavy atom. The van der Waals surface area contributed by atoms with E-state index in [0.29, 0.717) is 5.88 Å². The number of hydrogen-bond acceptors (Lipinski definition) is 4. The number of dihydropyridines is 1. The van der Waals surface area contributed by atoms with Crippen molar-refractivity contribution in [2.24, 2.45) is 4.99 Å². The van der Waals surface area contributed by atoms with Gasteiger partial charge in [0.25, 0.3) is 0 Å². The number of pyridine rings is 1. The van der Waals surface area contributed by atoms with Crippen LogP contribution >= 0.6 is 0 Å². The van der Waals surface area contributed by atoms with Gasteiger partial charge < -0.3 is 4.74 Å². The average molecular weight is 392 g/mol. The molecule has 0 saturated heterocycles. The molecule has 1 N–H and O–H groups in total. The topological polar surface area (TPSA) is 50.9 Å². The Balaban J connectivity index is 1.80. The first-order valence-corrected chi connectivity index (χ1v) is 9.99. The van der Waals surface area contributed by atoms with E-state index in [1.54, 1.807) is 23.8 Å². The van der Waals surface area contributed by atoms with Gasteiger partial charge in [-0.05, 0) is 54.9 Å². The lowest BCUT2D eigenvalue weighted by Gasteiger charge is -2.20. The molecule has 0 saturated carbocycles. The lowest BCUT2D eigenvalue weighted by molar-refractivity contribution is 0.386. The third kappa shape index (κ3) is 3.93. The zero-order chi connectivity index (χ0) is 20.2. The lowest BCUT2D eigenvalue weighted by Crippen LogP contribution is -2.29. The quantitative estimate of drug-likeness (QED) is 0.592. The number of fused-ring (bicyclic) bond motifs is 1. The van der Waals surface area contributed by atoms with Crippen LogP contribution in [0.3, 0.4) is 0 Å². The van der Waals surface area contributed by atoms with E-state index in [0.717, 1.165) is 53.7 Å². The first-order valence-electron chi connectivity index (χ1n) is 9.99. The molecular formula is C23H25FN4O. The predicted molar refractivity (Wildman–Crippen MR) is 115 cm³/mol. The minimum Gasteiger partial charge on any atom is -0.481 e. The van der Waals surface area contributed by atoms with Crippen LogP contribution in [0.1, 0.15) is 31.7 Å². The van der Waals surface area contributed by atoms with Crippen molar-refractivity contribution in [3.8, 4) is 17.1 Å². The maximum absolute atomic E-state index is 13.5. The number of unbranched alkanes of at least 4 members (excludes halogenated alkanes) is 1. The van der Waals surface area contributed by atoms with Gasteiger partial charge in [0.2, 0.25) is 5.88 Å². The fourth-order valence-corrected chi connectivity index (χ4v) is 3.65. The molecule has 3 aromatic rings. The summed E-state index contributed by atoms with van der Waals surface area (Å²) in [6.45, 7) is 3.12. The summed E-state index contributed by atoms with van der Waals surface area (Å²) in [5.74, 6) is 0.389. The molecule has 6 heteroatoms. The molecule has 0 bridgehead atoms. The number of hydrogen-bond donors (Lipinski definition) is 1. The number of halogens is 1. The Labute approximate surface area is 169 Å². The van der Waals surface area contributed by atoms with Crippen LogP contribution in [0.4, 0.5) is 4.39 Å². The van der Waals surface area contributed by atoms with Crippen LogP contribution < -0.4 is 10.1 Å². The number of benzene rings is 1. The molecular weight excluding hydrogens is 367 g/mol. The largest absolute Gasteiger partial charge is 0.481 e. The Bertz CT molecular complexity index is 1050. The van der Waals surface area contributed by atoms with Crippen molar-refractivity contribution in [2.45, 2.75) is 32.4 Å². The summed E-state index contributed by atoms with van der Waals surface area (Å²) < 4.78 is 20.8. The smallest absolute Gasteiger partial charge is 0.214 e. The van der Waals surface area contributed by atoms with Gasteiger partial charge in [-0.3, -0.25) is 10.3 Å². The molecule has 150 valence electrons. The van der Waals surface area contributed by atoms with Gasteiger partial charge in [-0.1, -0.05) is 19.4 Å². The normalized spacial score (nSPS) is 16.2. The highest BCUT2D eigenvalue weighted by molar-refractivity contribution is 5.95. The first kappa shape index (κ1) is 19.3. The fraction of sp³-hybridized carbons (Fsp3) is 0.304. The summed E-state index contributed by atoms with van der Waals surface area (Å²) in [6.07, 6.45) is 6.99. The third-order valence-electron chi connectivity index (χ3n) is 5.14. The lowest BCUT2D eigenvalue weighted by atomic mass is 9.95. The Hall–Kier alpha value is -2.99. The predicted octanol–water partition coefficient (Wildman–Crippen LogP) is 4.72. The Kier molecular flexibility index (Phi) is 5.71. The molecule has 1 unspecified atom stereocenters. The molecule has 2 aromatic heterocycles.